The second-order valence-corrected chi connectivity index (χ2v) is 8.68. The molecule has 0 aromatic heterocycles. The monoisotopic (exact) mass is 514 g/mol. The maximum atomic E-state index is 14.0. The molecule has 1 heterocycles. The lowest BCUT2D eigenvalue weighted by molar-refractivity contribution is 0.119. The van der Waals surface area contributed by atoms with Crippen LogP contribution in [0.25, 0.3) is 0 Å². The van der Waals surface area contributed by atoms with Gasteiger partial charge in [0.2, 0.25) is 0 Å². The van der Waals surface area contributed by atoms with E-state index in [1.165, 1.54) is 58.0 Å². The van der Waals surface area contributed by atoms with E-state index in [1.807, 2.05) is 12.1 Å². The molecule has 0 spiro atoms. The van der Waals surface area contributed by atoms with Crippen LogP contribution < -0.4 is 10.6 Å². The van der Waals surface area contributed by atoms with Crippen molar-refractivity contribution in [1.29, 1.82) is 0 Å². The van der Waals surface area contributed by atoms with Crippen LogP contribution in [0.4, 0.5) is 4.39 Å². The fourth-order valence-electron chi connectivity index (χ4n) is 4.99. The number of hydrogen-bond donors (Lipinski definition) is 2. The van der Waals surface area contributed by atoms with Gasteiger partial charge < -0.3 is 15.5 Å². The number of piperidine rings is 1. The molecule has 0 amide bonds. The number of benzene rings is 1. The number of likely N-dealkylation sites (tertiary alicyclic amines) is 1. The molecule has 2 saturated carbocycles. The maximum absolute atomic E-state index is 14.0. The lowest BCUT2D eigenvalue weighted by Crippen LogP contribution is -2.51. The van der Waals surface area contributed by atoms with Gasteiger partial charge in [-0.15, -0.1) is 24.0 Å². The van der Waals surface area contributed by atoms with E-state index in [1.54, 1.807) is 12.1 Å². The summed E-state index contributed by atoms with van der Waals surface area (Å²) < 4.78 is 14.0. The van der Waals surface area contributed by atoms with Gasteiger partial charge in [-0.1, -0.05) is 37.5 Å². The molecule has 4 rings (SSSR count). The molecule has 4 nitrogen and oxygen atoms in total. The summed E-state index contributed by atoms with van der Waals surface area (Å²) in [7, 11) is 0. The zero-order valence-corrected chi connectivity index (χ0v) is 19.9. The van der Waals surface area contributed by atoms with E-state index in [0.29, 0.717) is 6.04 Å². The van der Waals surface area contributed by atoms with Crippen LogP contribution >= 0.6 is 24.0 Å². The largest absolute Gasteiger partial charge is 0.354 e. The molecule has 2 atom stereocenters. The highest BCUT2D eigenvalue weighted by molar-refractivity contribution is 14.0. The normalized spacial score (nSPS) is 26.6. The number of nitrogens with one attached hydrogen (secondary N) is 2. The molecule has 2 aliphatic carbocycles. The minimum absolute atomic E-state index is 0. The number of hydrogen-bond acceptors (Lipinski definition) is 2. The van der Waals surface area contributed by atoms with E-state index < -0.39 is 0 Å². The highest BCUT2D eigenvalue weighted by Gasteiger charge is 2.40. The van der Waals surface area contributed by atoms with Gasteiger partial charge in [0.25, 0.3) is 0 Å². The van der Waals surface area contributed by atoms with Gasteiger partial charge in [0.15, 0.2) is 5.96 Å². The van der Waals surface area contributed by atoms with Crippen LogP contribution in [0, 0.1) is 5.82 Å². The van der Waals surface area contributed by atoms with Gasteiger partial charge in [0, 0.05) is 43.7 Å². The summed E-state index contributed by atoms with van der Waals surface area (Å²) in [5.74, 6) is 1.08. The molecule has 162 valence electrons. The number of halogens is 2. The summed E-state index contributed by atoms with van der Waals surface area (Å²) in [6.07, 6.45) is 10.4. The molecule has 1 aromatic carbocycles. The summed E-state index contributed by atoms with van der Waals surface area (Å²) in [6, 6.07) is 8.75. The van der Waals surface area contributed by atoms with Gasteiger partial charge in [-0.25, -0.2) is 4.39 Å². The van der Waals surface area contributed by atoms with Crippen LogP contribution in [0.5, 0.6) is 0 Å². The van der Waals surface area contributed by atoms with Gasteiger partial charge in [0.1, 0.15) is 5.82 Å². The van der Waals surface area contributed by atoms with Crippen molar-refractivity contribution in [2.24, 2.45) is 4.99 Å². The highest BCUT2D eigenvalue weighted by Crippen LogP contribution is 2.41. The average Bonchev–Trinajstić information content (AvgIpc) is 3.48. The van der Waals surface area contributed by atoms with Crippen molar-refractivity contribution in [3.8, 4) is 0 Å². The molecule has 0 bridgehead atoms. The van der Waals surface area contributed by atoms with Gasteiger partial charge >= 0.3 is 0 Å². The fourth-order valence-corrected chi connectivity index (χ4v) is 4.99. The van der Waals surface area contributed by atoms with Gasteiger partial charge in [-0.3, -0.25) is 4.99 Å². The predicted octanol–water partition coefficient (Wildman–Crippen LogP) is 4.65. The number of aliphatic imine (C=N–C) groups is 1. The Balaban J connectivity index is 0.00000240. The third-order valence-electron chi connectivity index (χ3n) is 6.69. The van der Waals surface area contributed by atoms with Crippen molar-refractivity contribution in [2.75, 3.05) is 19.6 Å². The molecule has 3 aliphatic rings. The average molecular weight is 514 g/mol. The Morgan fingerprint density at radius 1 is 1.07 bits per heavy atom. The smallest absolute Gasteiger partial charge is 0.191 e. The van der Waals surface area contributed by atoms with E-state index in [0.717, 1.165) is 30.5 Å². The standard InChI is InChI=1S/C23H35FN4.HI/c1-2-25-23(27-22-16-20(22)19-10-6-7-11-21(19)24)26-17-12-14-28(15-13-17)18-8-4-3-5-9-18;/h6-7,10-11,17-18,20,22H,2-5,8-9,12-16H2,1H3,(H2,25,26,27);1H. The van der Waals surface area contributed by atoms with Crippen molar-refractivity contribution in [3.63, 3.8) is 0 Å². The molecule has 3 fully saturated rings. The van der Waals surface area contributed by atoms with Crippen LogP contribution in [-0.2, 0) is 0 Å². The molecule has 0 radical (unpaired) electrons. The molecular weight excluding hydrogens is 478 g/mol. The Labute approximate surface area is 192 Å². The second-order valence-electron chi connectivity index (χ2n) is 8.68. The van der Waals surface area contributed by atoms with E-state index in [2.05, 4.69) is 27.4 Å². The zero-order chi connectivity index (χ0) is 19.3. The highest BCUT2D eigenvalue weighted by atomic mass is 127. The molecule has 29 heavy (non-hydrogen) atoms. The van der Waals surface area contributed by atoms with Crippen LogP contribution in [-0.4, -0.2) is 48.6 Å². The third kappa shape index (κ3) is 6.06. The van der Waals surface area contributed by atoms with Crippen molar-refractivity contribution in [2.45, 2.75) is 82.3 Å². The summed E-state index contributed by atoms with van der Waals surface area (Å²) in [4.78, 5) is 7.36. The maximum Gasteiger partial charge on any atom is 0.191 e. The third-order valence-corrected chi connectivity index (χ3v) is 6.69. The summed E-state index contributed by atoms with van der Waals surface area (Å²) in [6.45, 7) is 5.22. The molecule has 1 saturated heterocycles. The first kappa shape index (κ1) is 22.8. The Morgan fingerprint density at radius 3 is 2.48 bits per heavy atom. The van der Waals surface area contributed by atoms with Crippen molar-refractivity contribution >= 4 is 29.9 Å². The SMILES string of the molecule is CCN=C(NC1CCN(C2CCCCC2)CC1)NC1CC1c1ccccc1F.I. The molecule has 1 aromatic rings. The van der Waals surface area contributed by atoms with Crippen LogP contribution in [0.1, 0.15) is 69.8 Å². The summed E-state index contributed by atoms with van der Waals surface area (Å²) in [5, 5.41) is 7.20. The van der Waals surface area contributed by atoms with E-state index in [-0.39, 0.29) is 41.8 Å². The van der Waals surface area contributed by atoms with Gasteiger partial charge in [0.05, 0.1) is 0 Å². The Kier molecular flexibility index (Phi) is 8.59. The van der Waals surface area contributed by atoms with Crippen LogP contribution in [0.3, 0.4) is 0 Å². The van der Waals surface area contributed by atoms with Crippen LogP contribution in [0.2, 0.25) is 0 Å². The van der Waals surface area contributed by atoms with Crippen LogP contribution in [0.15, 0.2) is 29.3 Å². The van der Waals surface area contributed by atoms with Crippen molar-refractivity contribution in [3.05, 3.63) is 35.6 Å². The lowest BCUT2D eigenvalue weighted by atomic mass is 9.92. The first-order valence-corrected chi connectivity index (χ1v) is 11.3. The molecular formula is C23H36FIN4. The van der Waals surface area contributed by atoms with E-state index in [9.17, 15) is 4.39 Å². The Bertz CT molecular complexity index is 669. The zero-order valence-electron chi connectivity index (χ0n) is 17.6. The molecule has 2 N–H and O–H groups in total. The Hall–Kier alpha value is -0.890. The molecule has 1 aliphatic heterocycles. The predicted molar refractivity (Wildman–Crippen MR) is 129 cm³/mol. The number of nitrogens with zero attached hydrogens (tertiary/aromatic N) is 2. The first-order chi connectivity index (χ1) is 13.7. The minimum Gasteiger partial charge on any atom is -0.354 e. The second kappa shape index (κ2) is 10.9. The summed E-state index contributed by atoms with van der Waals surface area (Å²) >= 11 is 0. The van der Waals surface area contributed by atoms with Crippen molar-refractivity contribution in [1.82, 2.24) is 15.5 Å². The lowest BCUT2D eigenvalue weighted by Gasteiger charge is -2.39. The fraction of sp³-hybridized carbons (Fsp3) is 0.696. The van der Waals surface area contributed by atoms with Gasteiger partial charge in [-0.2, -0.15) is 0 Å². The van der Waals surface area contributed by atoms with E-state index >= 15 is 0 Å². The number of rotatable bonds is 5. The van der Waals surface area contributed by atoms with Gasteiger partial charge in [-0.05, 0) is 50.7 Å². The molecule has 6 heteroatoms. The summed E-state index contributed by atoms with van der Waals surface area (Å²) in [5.41, 5.74) is 0.830. The number of guanidine groups is 1. The quantitative estimate of drug-likeness (QED) is 0.342. The Morgan fingerprint density at radius 2 is 1.79 bits per heavy atom. The minimum atomic E-state index is -0.0891. The first-order valence-electron chi connectivity index (χ1n) is 11.3. The topological polar surface area (TPSA) is 39.7 Å². The molecule has 2 unspecified atom stereocenters. The van der Waals surface area contributed by atoms with Crippen molar-refractivity contribution < 1.29 is 4.39 Å². The van der Waals surface area contributed by atoms with E-state index in [4.69, 9.17) is 0 Å².